The lowest BCUT2D eigenvalue weighted by Gasteiger charge is -2.45. The van der Waals surface area contributed by atoms with Crippen molar-refractivity contribution in [2.24, 2.45) is 11.3 Å². The number of hydrogen-bond acceptors (Lipinski definition) is 3. The summed E-state index contributed by atoms with van der Waals surface area (Å²) in [5.41, 5.74) is 0.478. The molecule has 3 atom stereocenters. The SMILES string of the molecule is CNC1C(CN2CCN3CCCCC3C2)CCC1(C)C. The van der Waals surface area contributed by atoms with Crippen LogP contribution in [0.5, 0.6) is 0 Å². The van der Waals surface area contributed by atoms with Crippen LogP contribution in [0.15, 0.2) is 0 Å². The Morgan fingerprint density at radius 2 is 1.95 bits per heavy atom. The number of nitrogens with one attached hydrogen (secondary N) is 1. The molecular formula is C17H33N3. The zero-order valence-electron chi connectivity index (χ0n) is 13.7. The van der Waals surface area contributed by atoms with Crippen molar-refractivity contribution < 1.29 is 0 Å². The molecule has 0 bridgehead atoms. The molecule has 3 aliphatic rings. The molecule has 116 valence electrons. The van der Waals surface area contributed by atoms with E-state index in [2.05, 4.69) is 36.0 Å². The molecule has 2 aliphatic heterocycles. The van der Waals surface area contributed by atoms with Crippen molar-refractivity contribution in [2.75, 3.05) is 39.8 Å². The standard InChI is InChI=1S/C17H33N3/c1-17(2)8-7-14(16(17)18-3)12-19-10-11-20-9-5-4-6-15(20)13-19/h14-16,18H,4-13H2,1-3H3. The maximum Gasteiger partial charge on any atom is 0.0223 e. The van der Waals surface area contributed by atoms with Gasteiger partial charge in [0, 0.05) is 38.3 Å². The second-order valence-electron chi connectivity index (χ2n) is 8.00. The third kappa shape index (κ3) is 2.90. The smallest absolute Gasteiger partial charge is 0.0223 e. The molecule has 0 radical (unpaired) electrons. The first-order chi connectivity index (χ1) is 9.60. The van der Waals surface area contributed by atoms with Gasteiger partial charge in [0.1, 0.15) is 0 Å². The highest BCUT2D eigenvalue weighted by Crippen LogP contribution is 2.41. The summed E-state index contributed by atoms with van der Waals surface area (Å²) in [4.78, 5) is 5.51. The van der Waals surface area contributed by atoms with E-state index in [1.54, 1.807) is 0 Å². The Labute approximate surface area is 125 Å². The lowest BCUT2D eigenvalue weighted by Crippen LogP contribution is -2.56. The van der Waals surface area contributed by atoms with Crippen LogP contribution in [0.4, 0.5) is 0 Å². The van der Waals surface area contributed by atoms with E-state index in [1.165, 1.54) is 64.8 Å². The van der Waals surface area contributed by atoms with E-state index in [4.69, 9.17) is 0 Å². The molecule has 1 N–H and O–H groups in total. The zero-order valence-corrected chi connectivity index (χ0v) is 13.7. The van der Waals surface area contributed by atoms with Gasteiger partial charge in [0.2, 0.25) is 0 Å². The molecule has 0 aromatic rings. The van der Waals surface area contributed by atoms with Crippen molar-refractivity contribution in [3.63, 3.8) is 0 Å². The van der Waals surface area contributed by atoms with Crippen molar-refractivity contribution in [1.29, 1.82) is 0 Å². The number of piperazine rings is 1. The molecule has 3 fully saturated rings. The van der Waals surface area contributed by atoms with E-state index < -0.39 is 0 Å². The molecule has 20 heavy (non-hydrogen) atoms. The summed E-state index contributed by atoms with van der Waals surface area (Å²) in [5, 5.41) is 3.61. The molecule has 2 saturated heterocycles. The summed E-state index contributed by atoms with van der Waals surface area (Å²) in [7, 11) is 2.16. The van der Waals surface area contributed by atoms with E-state index in [0.29, 0.717) is 11.5 Å². The molecule has 0 amide bonds. The minimum Gasteiger partial charge on any atom is -0.316 e. The van der Waals surface area contributed by atoms with Crippen LogP contribution in [0.2, 0.25) is 0 Å². The van der Waals surface area contributed by atoms with E-state index in [-0.39, 0.29) is 0 Å². The predicted molar refractivity (Wildman–Crippen MR) is 85.0 cm³/mol. The largest absolute Gasteiger partial charge is 0.316 e. The fraction of sp³-hybridized carbons (Fsp3) is 1.00. The van der Waals surface area contributed by atoms with Gasteiger partial charge in [-0.1, -0.05) is 20.3 Å². The van der Waals surface area contributed by atoms with Gasteiger partial charge in [-0.15, -0.1) is 0 Å². The summed E-state index contributed by atoms with van der Waals surface area (Å²) in [6.45, 7) is 11.5. The van der Waals surface area contributed by atoms with Gasteiger partial charge in [-0.3, -0.25) is 4.90 Å². The van der Waals surface area contributed by atoms with Crippen LogP contribution in [-0.2, 0) is 0 Å². The van der Waals surface area contributed by atoms with Crippen LogP contribution in [0, 0.1) is 11.3 Å². The lowest BCUT2D eigenvalue weighted by molar-refractivity contribution is 0.0387. The van der Waals surface area contributed by atoms with Gasteiger partial charge >= 0.3 is 0 Å². The molecule has 3 nitrogen and oxygen atoms in total. The van der Waals surface area contributed by atoms with Gasteiger partial charge in [0.15, 0.2) is 0 Å². The first-order valence-corrected chi connectivity index (χ1v) is 8.74. The van der Waals surface area contributed by atoms with E-state index in [0.717, 1.165) is 12.0 Å². The summed E-state index contributed by atoms with van der Waals surface area (Å²) in [6.07, 6.45) is 7.10. The van der Waals surface area contributed by atoms with Crippen molar-refractivity contribution in [3.8, 4) is 0 Å². The minimum atomic E-state index is 0.478. The van der Waals surface area contributed by atoms with Gasteiger partial charge in [-0.05, 0) is 50.6 Å². The molecule has 1 saturated carbocycles. The van der Waals surface area contributed by atoms with Crippen molar-refractivity contribution in [1.82, 2.24) is 15.1 Å². The van der Waals surface area contributed by atoms with E-state index >= 15 is 0 Å². The van der Waals surface area contributed by atoms with Crippen LogP contribution in [0.25, 0.3) is 0 Å². The van der Waals surface area contributed by atoms with Crippen LogP contribution >= 0.6 is 0 Å². The molecule has 3 unspecified atom stereocenters. The van der Waals surface area contributed by atoms with Gasteiger partial charge < -0.3 is 10.2 Å². The maximum absolute atomic E-state index is 3.61. The summed E-state index contributed by atoms with van der Waals surface area (Å²) in [5.74, 6) is 0.852. The Bertz CT molecular complexity index is 328. The maximum atomic E-state index is 3.61. The minimum absolute atomic E-state index is 0.478. The molecule has 3 heteroatoms. The molecule has 3 rings (SSSR count). The number of piperidine rings is 1. The van der Waals surface area contributed by atoms with Crippen molar-refractivity contribution in [3.05, 3.63) is 0 Å². The first-order valence-electron chi connectivity index (χ1n) is 8.74. The number of fused-ring (bicyclic) bond motifs is 1. The van der Waals surface area contributed by atoms with E-state index in [1.807, 2.05) is 0 Å². The van der Waals surface area contributed by atoms with Crippen LogP contribution in [-0.4, -0.2) is 61.7 Å². The molecule has 0 spiro atoms. The monoisotopic (exact) mass is 279 g/mol. The lowest BCUT2D eigenvalue weighted by atomic mass is 9.84. The van der Waals surface area contributed by atoms with E-state index in [9.17, 15) is 0 Å². The van der Waals surface area contributed by atoms with Gasteiger partial charge in [0.25, 0.3) is 0 Å². The number of hydrogen-bond donors (Lipinski definition) is 1. The Hall–Kier alpha value is -0.120. The average Bonchev–Trinajstić information content (AvgIpc) is 2.73. The van der Waals surface area contributed by atoms with Crippen LogP contribution in [0.1, 0.15) is 46.0 Å². The van der Waals surface area contributed by atoms with Crippen LogP contribution < -0.4 is 5.32 Å². The number of rotatable bonds is 3. The Kier molecular flexibility index (Phi) is 4.40. The van der Waals surface area contributed by atoms with Crippen molar-refractivity contribution >= 4 is 0 Å². The van der Waals surface area contributed by atoms with Crippen molar-refractivity contribution in [2.45, 2.75) is 58.0 Å². The third-order valence-electron chi connectivity index (χ3n) is 6.20. The van der Waals surface area contributed by atoms with Gasteiger partial charge in [0.05, 0.1) is 0 Å². The van der Waals surface area contributed by atoms with Gasteiger partial charge in [-0.2, -0.15) is 0 Å². The molecule has 0 aromatic heterocycles. The first kappa shape index (κ1) is 14.8. The number of nitrogens with zero attached hydrogens (tertiary/aromatic N) is 2. The topological polar surface area (TPSA) is 18.5 Å². The Morgan fingerprint density at radius 1 is 1.10 bits per heavy atom. The second kappa shape index (κ2) is 5.94. The molecular weight excluding hydrogens is 246 g/mol. The zero-order chi connectivity index (χ0) is 14.2. The summed E-state index contributed by atoms with van der Waals surface area (Å²) < 4.78 is 0. The molecule has 1 aliphatic carbocycles. The Balaban J connectivity index is 1.56. The van der Waals surface area contributed by atoms with Crippen LogP contribution in [0.3, 0.4) is 0 Å². The third-order valence-corrected chi connectivity index (χ3v) is 6.20. The summed E-state index contributed by atoms with van der Waals surface area (Å²) >= 11 is 0. The predicted octanol–water partition coefficient (Wildman–Crippen LogP) is 2.18. The normalized spacial score (nSPS) is 38.9. The highest BCUT2D eigenvalue weighted by Gasteiger charge is 2.42. The summed E-state index contributed by atoms with van der Waals surface area (Å²) in [6, 6.07) is 1.56. The fourth-order valence-corrected chi connectivity index (χ4v) is 5.06. The second-order valence-corrected chi connectivity index (χ2v) is 8.00. The molecule has 2 heterocycles. The Morgan fingerprint density at radius 3 is 2.75 bits per heavy atom. The average molecular weight is 279 g/mol. The quantitative estimate of drug-likeness (QED) is 0.854. The highest BCUT2D eigenvalue weighted by molar-refractivity contribution is 4.97. The molecule has 0 aromatic carbocycles. The fourth-order valence-electron chi connectivity index (χ4n) is 5.06. The highest BCUT2D eigenvalue weighted by atomic mass is 15.3. The van der Waals surface area contributed by atoms with Gasteiger partial charge in [-0.25, -0.2) is 0 Å².